The number of anilines is 1. The fraction of sp³-hybridized carbons (Fsp3) is 0.613. The summed E-state index contributed by atoms with van der Waals surface area (Å²) in [5.74, 6) is 1.41. The van der Waals surface area contributed by atoms with Crippen molar-refractivity contribution in [2.45, 2.75) is 96.3 Å². The molecule has 7 heteroatoms. The van der Waals surface area contributed by atoms with Crippen LogP contribution in [0.2, 0.25) is 0 Å². The van der Waals surface area contributed by atoms with Crippen LogP contribution in [0.3, 0.4) is 0 Å². The van der Waals surface area contributed by atoms with Crippen molar-refractivity contribution in [3.8, 4) is 11.1 Å². The average molecular weight is 520 g/mol. The van der Waals surface area contributed by atoms with Gasteiger partial charge in [-0.1, -0.05) is 64.7 Å². The largest absolute Gasteiger partial charge is 0.396 e. The molecule has 0 bridgehead atoms. The van der Waals surface area contributed by atoms with Crippen molar-refractivity contribution in [2.24, 2.45) is 5.92 Å². The van der Waals surface area contributed by atoms with Crippen LogP contribution in [0.4, 0.5) is 5.69 Å². The molecular formula is C31H49N7. The molecule has 38 heavy (non-hydrogen) atoms. The fourth-order valence-corrected chi connectivity index (χ4v) is 5.93. The molecule has 0 amide bonds. The third-order valence-electron chi connectivity index (χ3n) is 8.37. The number of nitrogens with two attached hydrogens (primary N) is 1. The summed E-state index contributed by atoms with van der Waals surface area (Å²) in [6.07, 6.45) is 26.5. The van der Waals surface area contributed by atoms with Crippen LogP contribution in [0, 0.1) is 11.3 Å². The fourth-order valence-electron chi connectivity index (χ4n) is 5.93. The highest BCUT2D eigenvalue weighted by atomic mass is 15.2. The standard InChI is InChI=1S/C22H28N6.C9H19N.H2/c1-15-5-2-3-7-16(8-4-6-15)17-12-26-22-19(13-27-28(22)14-17)18-9-10-25-20(11-23)21(18)24;1-10-8-6-4-2-3-5-7-9-10;/h9-16,23H,2-8,24H2,1H3;2-9H2,1H3;1H. The van der Waals surface area contributed by atoms with Crippen LogP contribution in [0.1, 0.15) is 109 Å². The van der Waals surface area contributed by atoms with Gasteiger partial charge in [0.05, 0.1) is 11.9 Å². The van der Waals surface area contributed by atoms with E-state index in [4.69, 9.17) is 16.1 Å². The van der Waals surface area contributed by atoms with Gasteiger partial charge in [0.15, 0.2) is 5.65 Å². The second-order valence-electron chi connectivity index (χ2n) is 11.5. The molecule has 2 aliphatic rings. The summed E-state index contributed by atoms with van der Waals surface area (Å²) in [5.41, 5.74) is 10.9. The zero-order chi connectivity index (χ0) is 26.7. The molecule has 3 N–H and O–H groups in total. The molecule has 3 aromatic rings. The van der Waals surface area contributed by atoms with Crippen molar-refractivity contribution in [1.82, 2.24) is 24.5 Å². The Kier molecular flexibility index (Phi) is 10.7. The Hall–Kier alpha value is -2.80. The molecule has 4 heterocycles. The molecule has 1 saturated heterocycles. The normalized spacial score (nSPS) is 22.1. The summed E-state index contributed by atoms with van der Waals surface area (Å²) < 4.78 is 1.86. The number of nitrogens with zero attached hydrogens (tertiary/aromatic N) is 5. The van der Waals surface area contributed by atoms with E-state index in [9.17, 15) is 0 Å². The predicted octanol–water partition coefficient (Wildman–Crippen LogP) is 7.35. The van der Waals surface area contributed by atoms with E-state index in [1.165, 1.54) is 108 Å². The molecule has 1 saturated carbocycles. The summed E-state index contributed by atoms with van der Waals surface area (Å²) in [5, 5.41) is 12.0. The van der Waals surface area contributed by atoms with E-state index in [1.807, 2.05) is 16.8 Å². The van der Waals surface area contributed by atoms with Crippen LogP contribution in [0.15, 0.2) is 30.9 Å². The molecule has 0 radical (unpaired) electrons. The third kappa shape index (κ3) is 7.62. The monoisotopic (exact) mass is 519 g/mol. The van der Waals surface area contributed by atoms with Gasteiger partial charge in [-0.05, 0) is 69.3 Å². The molecule has 7 nitrogen and oxygen atoms in total. The SMILES string of the molecule is CC1CCCCC(c2cnc3c(-c4ccnc(C=N)c4N)cnn3c2)CCC1.CN1CCCCCCCC1.[HH]. The maximum atomic E-state index is 7.47. The second-order valence-corrected chi connectivity index (χ2v) is 11.5. The lowest BCUT2D eigenvalue weighted by molar-refractivity contribution is 0.327. The van der Waals surface area contributed by atoms with Crippen molar-refractivity contribution >= 4 is 17.5 Å². The van der Waals surface area contributed by atoms with Crippen molar-refractivity contribution in [3.05, 3.63) is 42.1 Å². The molecular weight excluding hydrogens is 470 g/mol. The summed E-state index contributed by atoms with van der Waals surface area (Å²) in [4.78, 5) is 11.3. The zero-order valence-corrected chi connectivity index (χ0v) is 23.5. The smallest absolute Gasteiger partial charge is 0.162 e. The first kappa shape index (κ1) is 28.2. The van der Waals surface area contributed by atoms with Crippen LogP contribution in [-0.2, 0) is 0 Å². The molecule has 2 unspecified atom stereocenters. The molecule has 2 fully saturated rings. The van der Waals surface area contributed by atoms with Gasteiger partial charge in [-0.25, -0.2) is 9.50 Å². The Morgan fingerprint density at radius 3 is 2.34 bits per heavy atom. The van der Waals surface area contributed by atoms with Crippen molar-refractivity contribution in [3.63, 3.8) is 0 Å². The minimum absolute atomic E-state index is 0. The van der Waals surface area contributed by atoms with E-state index in [2.05, 4.69) is 35.2 Å². The molecule has 1 aliphatic heterocycles. The molecule has 2 atom stereocenters. The van der Waals surface area contributed by atoms with Crippen LogP contribution < -0.4 is 5.73 Å². The third-order valence-corrected chi connectivity index (χ3v) is 8.37. The summed E-state index contributed by atoms with van der Waals surface area (Å²) >= 11 is 0. The highest BCUT2D eigenvalue weighted by Crippen LogP contribution is 2.33. The Labute approximate surface area is 230 Å². The van der Waals surface area contributed by atoms with E-state index in [1.54, 1.807) is 12.4 Å². The number of hydrogen-bond acceptors (Lipinski definition) is 6. The van der Waals surface area contributed by atoms with E-state index < -0.39 is 0 Å². The molecule has 208 valence electrons. The van der Waals surface area contributed by atoms with Gasteiger partial charge >= 0.3 is 0 Å². The number of nitrogens with one attached hydrogen (secondary N) is 1. The minimum Gasteiger partial charge on any atom is -0.396 e. The maximum Gasteiger partial charge on any atom is 0.162 e. The van der Waals surface area contributed by atoms with E-state index in [0.717, 1.165) is 22.7 Å². The summed E-state index contributed by atoms with van der Waals surface area (Å²) in [6, 6.07) is 1.86. The first-order chi connectivity index (χ1) is 18.6. The topological polar surface area (TPSA) is 96.2 Å². The van der Waals surface area contributed by atoms with E-state index >= 15 is 0 Å². The lowest BCUT2D eigenvalue weighted by Crippen LogP contribution is -2.20. The number of fused-ring (bicyclic) bond motifs is 1. The number of aromatic nitrogens is 4. The predicted molar refractivity (Wildman–Crippen MR) is 160 cm³/mol. The molecule has 3 aromatic heterocycles. The number of hydrogen-bond donors (Lipinski definition) is 2. The minimum atomic E-state index is 0. The van der Waals surface area contributed by atoms with Gasteiger partial charge in [-0.3, -0.25) is 4.98 Å². The Bertz CT molecular complexity index is 1150. The second kappa shape index (κ2) is 14.4. The van der Waals surface area contributed by atoms with Gasteiger partial charge < -0.3 is 16.0 Å². The van der Waals surface area contributed by atoms with Crippen LogP contribution in [-0.4, -0.2) is 50.8 Å². The molecule has 5 rings (SSSR count). The summed E-state index contributed by atoms with van der Waals surface area (Å²) in [7, 11) is 2.24. The molecule has 0 spiro atoms. The van der Waals surface area contributed by atoms with Gasteiger partial charge in [0, 0.05) is 37.4 Å². The highest BCUT2D eigenvalue weighted by Gasteiger charge is 2.18. The molecule has 1 aliphatic carbocycles. The zero-order valence-electron chi connectivity index (χ0n) is 23.5. The van der Waals surface area contributed by atoms with Gasteiger partial charge in [-0.15, -0.1) is 0 Å². The van der Waals surface area contributed by atoms with Gasteiger partial charge in [-0.2, -0.15) is 5.10 Å². The van der Waals surface area contributed by atoms with Gasteiger partial charge in [0.2, 0.25) is 0 Å². The van der Waals surface area contributed by atoms with Crippen LogP contribution in [0.5, 0.6) is 0 Å². The van der Waals surface area contributed by atoms with Crippen LogP contribution in [0.25, 0.3) is 16.8 Å². The Morgan fingerprint density at radius 2 is 1.58 bits per heavy atom. The van der Waals surface area contributed by atoms with Gasteiger partial charge in [0.1, 0.15) is 5.69 Å². The van der Waals surface area contributed by atoms with Crippen LogP contribution >= 0.6 is 0 Å². The van der Waals surface area contributed by atoms with Crippen molar-refractivity contribution in [1.29, 1.82) is 5.41 Å². The quantitative estimate of drug-likeness (QED) is 0.353. The maximum absolute atomic E-state index is 7.47. The summed E-state index contributed by atoms with van der Waals surface area (Å²) in [6.45, 7) is 5.02. The number of pyridine rings is 1. The lowest BCUT2D eigenvalue weighted by Gasteiger charge is -2.16. The van der Waals surface area contributed by atoms with Crippen molar-refractivity contribution < 1.29 is 1.43 Å². The lowest BCUT2D eigenvalue weighted by atomic mass is 9.91. The average Bonchev–Trinajstić information content (AvgIpc) is 3.42. The van der Waals surface area contributed by atoms with E-state index in [0.29, 0.717) is 17.3 Å². The van der Waals surface area contributed by atoms with E-state index in [-0.39, 0.29) is 1.43 Å². The Morgan fingerprint density at radius 1 is 0.895 bits per heavy atom. The first-order valence-electron chi connectivity index (χ1n) is 14.8. The Balaban J connectivity index is 0.000000324. The number of rotatable bonds is 3. The number of nitrogen functional groups attached to an aromatic ring is 1. The molecule has 0 aromatic carbocycles. The van der Waals surface area contributed by atoms with Crippen molar-refractivity contribution in [2.75, 3.05) is 25.9 Å². The highest BCUT2D eigenvalue weighted by molar-refractivity contribution is 5.93. The first-order valence-corrected chi connectivity index (χ1v) is 14.8. The van der Waals surface area contributed by atoms with Gasteiger partial charge in [0.25, 0.3) is 0 Å².